The summed E-state index contributed by atoms with van der Waals surface area (Å²) in [6.07, 6.45) is 0. The number of aromatic amines is 1. The molecule has 0 atom stereocenters. The van der Waals surface area contributed by atoms with E-state index >= 15 is 0 Å². The highest BCUT2D eigenvalue weighted by molar-refractivity contribution is 5.85. The summed E-state index contributed by atoms with van der Waals surface area (Å²) in [6, 6.07) is 1.64. The smallest absolute Gasteiger partial charge is 0.375 e. The van der Waals surface area contributed by atoms with E-state index in [1.165, 1.54) is 0 Å². The highest BCUT2D eigenvalue weighted by Crippen LogP contribution is 2.15. The van der Waals surface area contributed by atoms with Crippen molar-refractivity contribution in [2.45, 2.75) is 13.5 Å². The van der Waals surface area contributed by atoms with Gasteiger partial charge in [0.1, 0.15) is 6.61 Å². The number of ether oxygens (including phenoxy) is 2. The van der Waals surface area contributed by atoms with Crippen LogP contribution in [0.3, 0.4) is 0 Å². The van der Waals surface area contributed by atoms with Crippen molar-refractivity contribution in [2.24, 2.45) is 0 Å². The van der Waals surface area contributed by atoms with E-state index in [2.05, 4.69) is 20.3 Å². The zero-order valence-electron chi connectivity index (χ0n) is 9.97. The SMILES string of the molecule is CCOC(=O)c1nc(-c2cc(COC)on2)n[nH]1. The molecule has 0 amide bonds. The average Bonchev–Trinajstić information content (AvgIpc) is 2.97. The van der Waals surface area contributed by atoms with Crippen LogP contribution >= 0.6 is 0 Å². The maximum absolute atomic E-state index is 11.4. The normalized spacial score (nSPS) is 10.6. The number of esters is 1. The molecule has 0 radical (unpaired) electrons. The van der Waals surface area contributed by atoms with Gasteiger partial charge in [0.25, 0.3) is 0 Å². The van der Waals surface area contributed by atoms with Crippen LogP contribution in [0.5, 0.6) is 0 Å². The second-order valence-corrected chi connectivity index (χ2v) is 3.34. The fourth-order valence-electron chi connectivity index (χ4n) is 1.30. The van der Waals surface area contributed by atoms with Crippen molar-refractivity contribution in [2.75, 3.05) is 13.7 Å². The molecule has 0 saturated heterocycles. The first-order valence-corrected chi connectivity index (χ1v) is 5.29. The van der Waals surface area contributed by atoms with Crippen molar-refractivity contribution in [1.29, 1.82) is 0 Å². The first-order valence-electron chi connectivity index (χ1n) is 5.29. The van der Waals surface area contributed by atoms with Crippen LogP contribution in [-0.2, 0) is 16.1 Å². The molecule has 8 nitrogen and oxygen atoms in total. The summed E-state index contributed by atoms with van der Waals surface area (Å²) in [5.41, 5.74) is 0.425. The van der Waals surface area contributed by atoms with E-state index in [-0.39, 0.29) is 18.3 Å². The molecule has 8 heteroatoms. The molecule has 2 heterocycles. The maximum Gasteiger partial charge on any atom is 0.375 e. The molecule has 0 spiro atoms. The monoisotopic (exact) mass is 252 g/mol. The largest absolute Gasteiger partial charge is 0.460 e. The van der Waals surface area contributed by atoms with E-state index in [9.17, 15) is 4.79 Å². The number of nitrogens with zero attached hydrogens (tertiary/aromatic N) is 3. The number of hydrogen-bond donors (Lipinski definition) is 1. The highest BCUT2D eigenvalue weighted by Gasteiger charge is 2.16. The number of aromatic nitrogens is 4. The van der Waals surface area contributed by atoms with Crippen LogP contribution < -0.4 is 0 Å². The third-order valence-electron chi connectivity index (χ3n) is 2.03. The molecule has 0 unspecified atom stereocenters. The van der Waals surface area contributed by atoms with Gasteiger partial charge in [-0.3, -0.25) is 5.10 Å². The summed E-state index contributed by atoms with van der Waals surface area (Å²) in [4.78, 5) is 15.3. The lowest BCUT2D eigenvalue weighted by Crippen LogP contribution is -2.06. The lowest BCUT2D eigenvalue weighted by Gasteiger charge is -1.94. The van der Waals surface area contributed by atoms with E-state index in [0.29, 0.717) is 18.1 Å². The molecule has 0 aliphatic carbocycles. The van der Waals surface area contributed by atoms with Crippen LogP contribution in [-0.4, -0.2) is 40.0 Å². The van der Waals surface area contributed by atoms with Crippen LogP contribution in [0.4, 0.5) is 0 Å². The molecule has 0 fully saturated rings. The van der Waals surface area contributed by atoms with Gasteiger partial charge in [0.2, 0.25) is 11.6 Å². The second-order valence-electron chi connectivity index (χ2n) is 3.34. The maximum atomic E-state index is 11.4. The zero-order chi connectivity index (χ0) is 13.0. The summed E-state index contributed by atoms with van der Waals surface area (Å²) < 4.78 is 14.7. The standard InChI is InChI=1S/C10H12N4O4/c1-3-17-10(15)9-11-8(12-13-9)7-4-6(5-16-2)18-14-7/h4H,3,5H2,1-2H3,(H,11,12,13). The van der Waals surface area contributed by atoms with Gasteiger partial charge in [0, 0.05) is 13.2 Å². The van der Waals surface area contributed by atoms with Crippen molar-refractivity contribution in [3.63, 3.8) is 0 Å². The minimum Gasteiger partial charge on any atom is -0.460 e. The van der Waals surface area contributed by atoms with Crippen molar-refractivity contribution in [3.05, 3.63) is 17.7 Å². The molecule has 96 valence electrons. The van der Waals surface area contributed by atoms with Crippen LogP contribution in [0.15, 0.2) is 10.6 Å². The molecular weight excluding hydrogens is 240 g/mol. The predicted octanol–water partition coefficient (Wildman–Crippen LogP) is 0.783. The fraction of sp³-hybridized carbons (Fsp3) is 0.400. The van der Waals surface area contributed by atoms with E-state index in [1.807, 2.05) is 0 Å². The molecule has 0 aliphatic heterocycles. The molecule has 2 aromatic rings. The van der Waals surface area contributed by atoms with Gasteiger partial charge in [-0.1, -0.05) is 5.16 Å². The zero-order valence-corrected chi connectivity index (χ0v) is 9.97. The quantitative estimate of drug-likeness (QED) is 0.784. The topological polar surface area (TPSA) is 103 Å². The van der Waals surface area contributed by atoms with E-state index < -0.39 is 5.97 Å². The molecule has 0 bridgehead atoms. The minimum atomic E-state index is -0.558. The number of rotatable bonds is 5. The summed E-state index contributed by atoms with van der Waals surface area (Å²) in [5, 5.41) is 10.1. The number of carbonyl (C=O) groups is 1. The third-order valence-corrected chi connectivity index (χ3v) is 2.03. The highest BCUT2D eigenvalue weighted by atomic mass is 16.5. The number of carbonyl (C=O) groups excluding carboxylic acids is 1. The molecule has 0 aliphatic rings. The minimum absolute atomic E-state index is 0.0307. The van der Waals surface area contributed by atoms with Gasteiger partial charge in [-0.15, -0.1) is 0 Å². The lowest BCUT2D eigenvalue weighted by atomic mass is 10.3. The Morgan fingerprint density at radius 3 is 3.11 bits per heavy atom. The summed E-state index contributed by atoms with van der Waals surface area (Å²) in [6.45, 7) is 2.29. The molecule has 0 saturated carbocycles. The van der Waals surface area contributed by atoms with E-state index in [4.69, 9.17) is 14.0 Å². The lowest BCUT2D eigenvalue weighted by molar-refractivity contribution is 0.0512. The van der Waals surface area contributed by atoms with Crippen molar-refractivity contribution in [3.8, 4) is 11.5 Å². The van der Waals surface area contributed by atoms with Crippen molar-refractivity contribution < 1.29 is 18.8 Å². The first kappa shape index (κ1) is 12.2. The van der Waals surface area contributed by atoms with E-state index in [1.54, 1.807) is 20.1 Å². The van der Waals surface area contributed by atoms with Gasteiger partial charge in [-0.05, 0) is 6.92 Å². The Hall–Kier alpha value is -2.22. The molecule has 18 heavy (non-hydrogen) atoms. The fourth-order valence-corrected chi connectivity index (χ4v) is 1.30. The first-order chi connectivity index (χ1) is 8.74. The van der Waals surface area contributed by atoms with Gasteiger partial charge in [0.15, 0.2) is 11.5 Å². The van der Waals surface area contributed by atoms with Gasteiger partial charge in [0.05, 0.1) is 6.61 Å². The predicted molar refractivity (Wildman–Crippen MR) is 58.5 cm³/mol. The number of H-pyrrole nitrogens is 1. The Morgan fingerprint density at radius 1 is 1.56 bits per heavy atom. The van der Waals surface area contributed by atoms with Crippen LogP contribution in [0.25, 0.3) is 11.5 Å². The molecule has 0 aromatic carbocycles. The Kier molecular flexibility index (Phi) is 3.68. The van der Waals surface area contributed by atoms with Crippen LogP contribution in [0.2, 0.25) is 0 Å². The summed E-state index contributed by atoms with van der Waals surface area (Å²) in [7, 11) is 1.55. The molecular formula is C10H12N4O4. The van der Waals surface area contributed by atoms with Crippen LogP contribution in [0, 0.1) is 0 Å². The molecule has 2 aromatic heterocycles. The molecule has 2 rings (SSSR count). The Labute approximate surface area is 102 Å². The second kappa shape index (κ2) is 5.41. The van der Waals surface area contributed by atoms with Crippen LogP contribution in [0.1, 0.15) is 23.3 Å². The van der Waals surface area contributed by atoms with Crippen molar-refractivity contribution in [1.82, 2.24) is 20.3 Å². The van der Waals surface area contributed by atoms with Crippen molar-refractivity contribution >= 4 is 5.97 Å². The third kappa shape index (κ3) is 2.54. The van der Waals surface area contributed by atoms with Gasteiger partial charge in [-0.2, -0.15) is 10.1 Å². The molecule has 1 N–H and O–H groups in total. The number of methoxy groups -OCH3 is 1. The van der Waals surface area contributed by atoms with Gasteiger partial charge >= 0.3 is 5.97 Å². The summed E-state index contributed by atoms with van der Waals surface area (Å²) >= 11 is 0. The average molecular weight is 252 g/mol. The number of nitrogens with one attached hydrogen (secondary N) is 1. The Morgan fingerprint density at radius 2 is 2.39 bits per heavy atom. The van der Waals surface area contributed by atoms with Gasteiger partial charge < -0.3 is 14.0 Å². The Balaban J connectivity index is 2.15. The Bertz CT molecular complexity index is 533. The van der Waals surface area contributed by atoms with E-state index in [0.717, 1.165) is 0 Å². The number of hydrogen-bond acceptors (Lipinski definition) is 7. The summed E-state index contributed by atoms with van der Waals surface area (Å²) in [5.74, 6) is 0.291. The van der Waals surface area contributed by atoms with Gasteiger partial charge in [-0.25, -0.2) is 4.79 Å².